The minimum absolute atomic E-state index is 0. The summed E-state index contributed by atoms with van der Waals surface area (Å²) in [5.74, 6) is 0.0390. The van der Waals surface area contributed by atoms with Crippen molar-refractivity contribution in [2.75, 3.05) is 6.54 Å². The van der Waals surface area contributed by atoms with Crippen LogP contribution in [0.5, 0.6) is 0 Å². The van der Waals surface area contributed by atoms with Gasteiger partial charge < -0.3 is 11.1 Å². The Morgan fingerprint density at radius 2 is 2.00 bits per heavy atom. The first kappa shape index (κ1) is 23.6. The Morgan fingerprint density at radius 1 is 1.33 bits per heavy atom. The average Bonchev–Trinajstić information content (AvgIpc) is 2.92. The van der Waals surface area contributed by atoms with Gasteiger partial charge in [0.15, 0.2) is 0 Å². The molecule has 0 spiro atoms. The van der Waals surface area contributed by atoms with Gasteiger partial charge in [0.1, 0.15) is 0 Å². The second kappa shape index (κ2) is 10.6. The van der Waals surface area contributed by atoms with Crippen LogP contribution in [0.25, 0.3) is 10.2 Å². The maximum absolute atomic E-state index is 12.0. The van der Waals surface area contributed by atoms with Crippen molar-refractivity contribution in [2.24, 2.45) is 5.73 Å². The fourth-order valence-corrected chi connectivity index (χ4v) is 3.43. The van der Waals surface area contributed by atoms with Gasteiger partial charge in [-0.1, -0.05) is 29.8 Å². The van der Waals surface area contributed by atoms with Gasteiger partial charge in [-0.15, -0.1) is 36.2 Å². The fraction of sp³-hybridized carbons (Fsp3) is 0.500. The van der Waals surface area contributed by atoms with Gasteiger partial charge in [0.25, 0.3) is 0 Å². The molecule has 0 saturated carbocycles. The number of nitrogens with zero attached hydrogens (tertiary/aromatic N) is 1. The predicted octanol–water partition coefficient (Wildman–Crippen LogP) is 4.47. The van der Waals surface area contributed by atoms with E-state index in [-0.39, 0.29) is 36.3 Å². The maximum Gasteiger partial charge on any atom is 0.220 e. The first-order chi connectivity index (χ1) is 10.5. The van der Waals surface area contributed by atoms with E-state index in [2.05, 4.69) is 40.1 Å². The molecule has 0 fully saturated rings. The molecule has 8 heteroatoms. The molecule has 0 atom stereocenters. The number of rotatable bonds is 7. The van der Waals surface area contributed by atoms with Gasteiger partial charge >= 0.3 is 0 Å². The Bertz CT molecular complexity index is 662. The van der Waals surface area contributed by atoms with Gasteiger partial charge in [0, 0.05) is 29.4 Å². The number of nitrogens with one attached hydrogen (secondary N) is 1. The van der Waals surface area contributed by atoms with Crippen LogP contribution < -0.4 is 11.1 Å². The number of hydrogen-bond donors (Lipinski definition) is 2. The summed E-state index contributed by atoms with van der Waals surface area (Å²) < 4.78 is 2.17. The van der Waals surface area contributed by atoms with Gasteiger partial charge in [-0.2, -0.15) is 0 Å². The molecule has 0 aliphatic heterocycles. The third-order valence-electron chi connectivity index (χ3n) is 4.01. The average molecular weight is 457 g/mol. The van der Waals surface area contributed by atoms with Crippen molar-refractivity contribution in [3.63, 3.8) is 0 Å². The highest BCUT2D eigenvalue weighted by atomic mass is 79.9. The highest BCUT2D eigenvalue weighted by Gasteiger charge is 2.20. The quantitative estimate of drug-likeness (QED) is 0.645. The van der Waals surface area contributed by atoms with E-state index in [1.165, 1.54) is 0 Å². The van der Waals surface area contributed by atoms with E-state index in [9.17, 15) is 4.79 Å². The molecular formula is C16H24BrCl2N3OS. The van der Waals surface area contributed by atoms with Crippen LogP contribution in [-0.4, -0.2) is 23.0 Å². The summed E-state index contributed by atoms with van der Waals surface area (Å²) in [6.45, 7) is 4.63. The lowest BCUT2D eigenvalue weighted by molar-refractivity contribution is -0.121. The van der Waals surface area contributed by atoms with Crippen LogP contribution in [0.4, 0.5) is 0 Å². The fourth-order valence-electron chi connectivity index (χ4n) is 2.14. The smallest absolute Gasteiger partial charge is 0.220 e. The number of thiazole rings is 1. The molecule has 4 nitrogen and oxygen atoms in total. The Hall–Kier alpha value is -0.400. The Morgan fingerprint density at radius 3 is 2.62 bits per heavy atom. The van der Waals surface area contributed by atoms with Gasteiger partial charge in [0.2, 0.25) is 5.91 Å². The zero-order chi connectivity index (χ0) is 16.2. The lowest BCUT2D eigenvalue weighted by atomic mass is 9.94. The van der Waals surface area contributed by atoms with Crippen molar-refractivity contribution in [2.45, 2.75) is 45.1 Å². The molecule has 24 heavy (non-hydrogen) atoms. The van der Waals surface area contributed by atoms with Gasteiger partial charge in [0.05, 0.1) is 15.2 Å². The number of hydrogen-bond acceptors (Lipinski definition) is 4. The van der Waals surface area contributed by atoms with E-state index in [0.717, 1.165) is 32.5 Å². The van der Waals surface area contributed by atoms with Crippen molar-refractivity contribution in [1.82, 2.24) is 10.3 Å². The number of aryl methyl sites for hydroxylation is 1. The molecule has 0 aliphatic carbocycles. The Balaban J connectivity index is 0.00000264. The first-order valence-corrected chi connectivity index (χ1v) is 9.17. The molecular weight excluding hydrogens is 433 g/mol. The normalized spacial score (nSPS) is 10.8. The molecule has 1 heterocycles. The van der Waals surface area contributed by atoms with E-state index >= 15 is 0 Å². The van der Waals surface area contributed by atoms with E-state index in [4.69, 9.17) is 5.73 Å². The molecule has 0 unspecified atom stereocenters. The number of carbonyl (C=O) groups excluding carboxylic acids is 1. The van der Waals surface area contributed by atoms with Crippen LogP contribution in [0, 0.1) is 0 Å². The highest BCUT2D eigenvalue weighted by Crippen LogP contribution is 2.25. The number of nitrogens with two attached hydrogens (primary N) is 1. The van der Waals surface area contributed by atoms with Crippen molar-refractivity contribution < 1.29 is 4.79 Å². The van der Waals surface area contributed by atoms with Crippen molar-refractivity contribution in [3.8, 4) is 0 Å². The van der Waals surface area contributed by atoms with Gasteiger partial charge in [-0.05, 0) is 31.0 Å². The van der Waals surface area contributed by atoms with E-state index < -0.39 is 0 Å². The molecule has 0 saturated heterocycles. The van der Waals surface area contributed by atoms with Crippen LogP contribution in [0.2, 0.25) is 0 Å². The van der Waals surface area contributed by atoms with Crippen LogP contribution >= 0.6 is 52.1 Å². The van der Waals surface area contributed by atoms with Crippen LogP contribution in [0.1, 0.15) is 38.1 Å². The number of carbonyl (C=O) groups is 1. The zero-order valence-corrected chi connectivity index (χ0v) is 17.8. The third kappa shape index (κ3) is 6.48. The molecule has 1 aromatic heterocycles. The minimum Gasteiger partial charge on any atom is -0.354 e. The summed E-state index contributed by atoms with van der Waals surface area (Å²) in [6, 6.07) is 6.06. The van der Waals surface area contributed by atoms with E-state index in [1.54, 1.807) is 11.3 Å². The summed E-state index contributed by atoms with van der Waals surface area (Å²) in [5, 5.41) is 3.94. The maximum atomic E-state index is 12.0. The van der Waals surface area contributed by atoms with Crippen molar-refractivity contribution in [1.29, 1.82) is 0 Å². The Kier molecular flexibility index (Phi) is 10.4. The van der Waals surface area contributed by atoms with E-state index in [0.29, 0.717) is 19.4 Å². The summed E-state index contributed by atoms with van der Waals surface area (Å²) >= 11 is 5.09. The topological polar surface area (TPSA) is 68.0 Å². The second-order valence-electron chi connectivity index (χ2n) is 5.57. The van der Waals surface area contributed by atoms with Crippen LogP contribution in [-0.2, 0) is 11.2 Å². The van der Waals surface area contributed by atoms with Crippen molar-refractivity contribution in [3.05, 3.63) is 27.7 Å². The summed E-state index contributed by atoms with van der Waals surface area (Å²) in [6.07, 6.45) is 2.83. The Labute approximate surface area is 167 Å². The SMILES string of the molecule is CCC(N)(CC)CNC(=O)CCc1nc2cc(Br)ccc2s1.Cl.Cl. The number of halogens is 3. The summed E-state index contributed by atoms with van der Waals surface area (Å²) in [5.41, 5.74) is 6.87. The number of aromatic nitrogens is 1. The summed E-state index contributed by atoms with van der Waals surface area (Å²) in [4.78, 5) is 16.5. The number of fused-ring (bicyclic) bond motifs is 1. The lowest BCUT2D eigenvalue weighted by Gasteiger charge is -2.26. The second-order valence-corrected chi connectivity index (χ2v) is 7.60. The predicted molar refractivity (Wildman–Crippen MR) is 111 cm³/mol. The molecule has 2 aromatic rings. The molecule has 136 valence electrons. The lowest BCUT2D eigenvalue weighted by Crippen LogP contribution is -2.49. The highest BCUT2D eigenvalue weighted by molar-refractivity contribution is 9.10. The van der Waals surface area contributed by atoms with Gasteiger partial charge in [-0.25, -0.2) is 4.98 Å². The standard InChI is InChI=1S/C16H22BrN3OS.2ClH/c1-3-16(18,4-2)10-19-14(21)7-8-15-20-12-9-11(17)5-6-13(12)22-15;;/h5-6,9H,3-4,7-8,10,18H2,1-2H3,(H,19,21);2*1H. The molecule has 1 amide bonds. The first-order valence-electron chi connectivity index (χ1n) is 7.56. The summed E-state index contributed by atoms with van der Waals surface area (Å²) in [7, 11) is 0. The monoisotopic (exact) mass is 455 g/mol. The van der Waals surface area contributed by atoms with Crippen LogP contribution in [0.15, 0.2) is 22.7 Å². The molecule has 0 radical (unpaired) electrons. The molecule has 0 bridgehead atoms. The minimum atomic E-state index is -0.294. The molecule has 3 N–H and O–H groups in total. The van der Waals surface area contributed by atoms with E-state index in [1.807, 2.05) is 18.2 Å². The number of amides is 1. The van der Waals surface area contributed by atoms with Crippen molar-refractivity contribution >= 4 is 68.2 Å². The van der Waals surface area contributed by atoms with Crippen LogP contribution in [0.3, 0.4) is 0 Å². The largest absolute Gasteiger partial charge is 0.354 e. The number of benzene rings is 1. The molecule has 2 rings (SSSR count). The molecule has 1 aromatic carbocycles. The third-order valence-corrected chi connectivity index (χ3v) is 5.60. The molecule has 0 aliphatic rings. The van der Waals surface area contributed by atoms with Gasteiger partial charge in [-0.3, -0.25) is 4.79 Å². The zero-order valence-electron chi connectivity index (χ0n) is 13.8.